The molecule has 1 N–H and O–H groups in total. The Hall–Kier alpha value is -1.63. The molecular formula is C19H22BrN3OS. The Bertz CT molecular complexity index is 867. The number of benzene rings is 1. The summed E-state index contributed by atoms with van der Waals surface area (Å²) in [4.78, 5) is 15.4. The molecule has 0 radical (unpaired) electrons. The molecule has 132 valence electrons. The van der Waals surface area contributed by atoms with Crippen LogP contribution in [0, 0.1) is 0 Å². The number of rotatable bonds is 7. The number of aromatic nitrogens is 1. The van der Waals surface area contributed by atoms with E-state index in [1.807, 2.05) is 23.6 Å². The number of carbonyl (C=O) groups is 1. The van der Waals surface area contributed by atoms with Gasteiger partial charge in [-0.2, -0.15) is 0 Å². The van der Waals surface area contributed by atoms with Crippen molar-refractivity contribution in [2.24, 2.45) is 0 Å². The van der Waals surface area contributed by atoms with Crippen LogP contribution in [0.1, 0.15) is 23.5 Å². The van der Waals surface area contributed by atoms with Gasteiger partial charge in [0, 0.05) is 40.3 Å². The quantitative estimate of drug-likeness (QED) is 0.580. The summed E-state index contributed by atoms with van der Waals surface area (Å²) in [6.07, 6.45) is 2.12. The summed E-state index contributed by atoms with van der Waals surface area (Å²) in [5.74, 6) is -0.0813. The van der Waals surface area contributed by atoms with Gasteiger partial charge in [0.15, 0.2) is 0 Å². The molecule has 0 aliphatic carbocycles. The van der Waals surface area contributed by atoms with Gasteiger partial charge in [-0.25, -0.2) is 0 Å². The molecule has 0 aliphatic heterocycles. The van der Waals surface area contributed by atoms with Crippen LogP contribution in [0.3, 0.4) is 0 Å². The molecule has 2 aromatic heterocycles. The SMILES string of the molecule is CCN(CC)CCn1ccc2cc(NC(=O)c3sccc3Br)ccc21. The van der Waals surface area contributed by atoms with Crippen LogP contribution < -0.4 is 5.32 Å². The van der Waals surface area contributed by atoms with Crippen LogP contribution in [-0.2, 0) is 6.54 Å². The number of hydrogen-bond donors (Lipinski definition) is 1. The molecule has 0 atom stereocenters. The molecule has 0 saturated heterocycles. The summed E-state index contributed by atoms with van der Waals surface area (Å²) in [5.41, 5.74) is 2.02. The zero-order chi connectivity index (χ0) is 17.8. The molecule has 0 fully saturated rings. The highest BCUT2D eigenvalue weighted by molar-refractivity contribution is 9.10. The molecule has 0 unspecified atom stereocenters. The monoisotopic (exact) mass is 419 g/mol. The van der Waals surface area contributed by atoms with Crippen molar-refractivity contribution in [2.45, 2.75) is 20.4 Å². The van der Waals surface area contributed by atoms with Gasteiger partial charge >= 0.3 is 0 Å². The lowest BCUT2D eigenvalue weighted by Gasteiger charge is -2.18. The van der Waals surface area contributed by atoms with Crippen LogP contribution in [0.15, 0.2) is 46.4 Å². The maximum absolute atomic E-state index is 12.3. The molecule has 3 aromatic rings. The predicted octanol–water partition coefficient (Wildman–Crippen LogP) is 5.06. The van der Waals surface area contributed by atoms with E-state index >= 15 is 0 Å². The first-order valence-electron chi connectivity index (χ1n) is 8.48. The van der Waals surface area contributed by atoms with E-state index in [2.05, 4.69) is 62.9 Å². The molecule has 0 spiro atoms. The number of halogens is 1. The number of nitrogens with one attached hydrogen (secondary N) is 1. The third kappa shape index (κ3) is 4.14. The summed E-state index contributed by atoms with van der Waals surface area (Å²) < 4.78 is 3.10. The van der Waals surface area contributed by atoms with E-state index in [0.29, 0.717) is 4.88 Å². The van der Waals surface area contributed by atoms with Gasteiger partial charge in [0.2, 0.25) is 0 Å². The molecule has 6 heteroatoms. The van der Waals surface area contributed by atoms with Gasteiger partial charge in [0.05, 0.1) is 0 Å². The number of nitrogens with zero attached hydrogens (tertiary/aromatic N) is 2. The maximum atomic E-state index is 12.3. The van der Waals surface area contributed by atoms with Gasteiger partial charge in [-0.1, -0.05) is 13.8 Å². The first kappa shape index (κ1) is 18.2. The number of fused-ring (bicyclic) bond motifs is 1. The molecule has 0 aliphatic rings. The van der Waals surface area contributed by atoms with E-state index < -0.39 is 0 Å². The minimum atomic E-state index is -0.0813. The maximum Gasteiger partial charge on any atom is 0.266 e. The number of amides is 1. The predicted molar refractivity (Wildman–Crippen MR) is 110 cm³/mol. The molecular weight excluding hydrogens is 398 g/mol. The first-order chi connectivity index (χ1) is 12.1. The van der Waals surface area contributed by atoms with Crippen LogP contribution in [0.2, 0.25) is 0 Å². The Labute approximate surface area is 160 Å². The molecule has 2 heterocycles. The van der Waals surface area contributed by atoms with E-state index in [-0.39, 0.29) is 5.91 Å². The zero-order valence-electron chi connectivity index (χ0n) is 14.5. The summed E-state index contributed by atoms with van der Waals surface area (Å²) in [6.45, 7) is 8.55. The standard InChI is InChI=1S/C19H22BrN3OS/c1-3-22(4-2)10-11-23-9-7-14-13-15(5-6-17(14)23)21-19(24)18-16(20)8-12-25-18/h5-9,12-13H,3-4,10-11H2,1-2H3,(H,21,24). The highest BCUT2D eigenvalue weighted by atomic mass is 79.9. The lowest BCUT2D eigenvalue weighted by molar-refractivity contribution is 0.103. The van der Waals surface area contributed by atoms with E-state index in [1.165, 1.54) is 16.9 Å². The highest BCUT2D eigenvalue weighted by Gasteiger charge is 2.12. The van der Waals surface area contributed by atoms with E-state index in [9.17, 15) is 4.79 Å². The molecule has 1 aromatic carbocycles. The van der Waals surface area contributed by atoms with Crippen LogP contribution in [-0.4, -0.2) is 35.0 Å². The number of anilines is 1. The molecule has 1 amide bonds. The van der Waals surface area contributed by atoms with Gasteiger partial charge in [0.1, 0.15) is 4.88 Å². The lowest BCUT2D eigenvalue weighted by Crippen LogP contribution is -2.26. The average molecular weight is 420 g/mol. The molecule has 4 nitrogen and oxygen atoms in total. The van der Waals surface area contributed by atoms with Crippen LogP contribution >= 0.6 is 27.3 Å². The number of thiophene rings is 1. The van der Waals surface area contributed by atoms with Gasteiger partial charge in [0.25, 0.3) is 5.91 Å². The Morgan fingerprint density at radius 1 is 1.24 bits per heavy atom. The van der Waals surface area contributed by atoms with Crippen molar-refractivity contribution in [3.05, 3.63) is 51.3 Å². The molecule has 3 rings (SSSR count). The minimum Gasteiger partial charge on any atom is -0.346 e. The fourth-order valence-electron chi connectivity index (χ4n) is 2.91. The summed E-state index contributed by atoms with van der Waals surface area (Å²) >= 11 is 4.84. The van der Waals surface area contributed by atoms with Gasteiger partial charge < -0.3 is 14.8 Å². The Morgan fingerprint density at radius 3 is 2.72 bits per heavy atom. The topological polar surface area (TPSA) is 37.3 Å². The van der Waals surface area contributed by atoms with Crippen LogP contribution in [0.4, 0.5) is 5.69 Å². The second-order valence-electron chi connectivity index (χ2n) is 5.86. The number of carbonyl (C=O) groups excluding carboxylic acids is 1. The van der Waals surface area contributed by atoms with E-state index in [1.54, 1.807) is 0 Å². The second-order valence-corrected chi connectivity index (χ2v) is 7.63. The highest BCUT2D eigenvalue weighted by Crippen LogP contribution is 2.25. The summed E-state index contributed by atoms with van der Waals surface area (Å²) in [7, 11) is 0. The third-order valence-electron chi connectivity index (χ3n) is 4.40. The normalized spacial score (nSPS) is 11.4. The Balaban J connectivity index is 1.73. The van der Waals surface area contributed by atoms with Crippen molar-refractivity contribution >= 4 is 49.8 Å². The number of hydrogen-bond acceptors (Lipinski definition) is 3. The second kappa shape index (κ2) is 8.17. The Kier molecular flexibility index (Phi) is 5.93. The molecule has 0 bridgehead atoms. The van der Waals surface area contributed by atoms with Gasteiger partial charge in [-0.15, -0.1) is 11.3 Å². The van der Waals surface area contributed by atoms with Crippen molar-refractivity contribution in [3.8, 4) is 0 Å². The smallest absolute Gasteiger partial charge is 0.266 e. The van der Waals surface area contributed by atoms with E-state index in [4.69, 9.17) is 0 Å². The Morgan fingerprint density at radius 2 is 2.04 bits per heavy atom. The largest absolute Gasteiger partial charge is 0.346 e. The van der Waals surface area contributed by atoms with Crippen molar-refractivity contribution in [1.82, 2.24) is 9.47 Å². The van der Waals surface area contributed by atoms with Crippen molar-refractivity contribution < 1.29 is 4.79 Å². The van der Waals surface area contributed by atoms with Gasteiger partial charge in [-0.3, -0.25) is 4.79 Å². The van der Waals surface area contributed by atoms with Crippen molar-refractivity contribution in [1.29, 1.82) is 0 Å². The zero-order valence-corrected chi connectivity index (χ0v) is 16.9. The summed E-state index contributed by atoms with van der Waals surface area (Å²) in [5, 5.41) is 6.02. The van der Waals surface area contributed by atoms with E-state index in [0.717, 1.165) is 41.7 Å². The van der Waals surface area contributed by atoms with Gasteiger partial charge in [-0.05, 0) is 64.7 Å². The average Bonchev–Trinajstić information content (AvgIpc) is 3.21. The molecule has 25 heavy (non-hydrogen) atoms. The third-order valence-corrected chi connectivity index (χ3v) is 6.24. The first-order valence-corrected chi connectivity index (χ1v) is 10.1. The minimum absolute atomic E-state index is 0.0813. The summed E-state index contributed by atoms with van der Waals surface area (Å²) in [6, 6.07) is 10.1. The van der Waals surface area contributed by atoms with Crippen LogP contribution in [0.25, 0.3) is 10.9 Å². The molecule has 0 saturated carbocycles. The van der Waals surface area contributed by atoms with Crippen molar-refractivity contribution in [3.63, 3.8) is 0 Å². The number of likely N-dealkylation sites (N-methyl/N-ethyl adjacent to an activating group) is 1. The van der Waals surface area contributed by atoms with Crippen molar-refractivity contribution in [2.75, 3.05) is 25.0 Å². The lowest BCUT2D eigenvalue weighted by atomic mass is 10.2. The van der Waals surface area contributed by atoms with Crippen LogP contribution in [0.5, 0.6) is 0 Å². The fourth-order valence-corrected chi connectivity index (χ4v) is 4.35. The fraction of sp³-hybridized carbons (Fsp3) is 0.316.